The number of sulfonamides is 1. The number of carbonyl (C=O) groups excluding carboxylic acids is 1. The van der Waals surface area contributed by atoms with Crippen LogP contribution < -0.4 is 9.62 Å². The molecule has 0 unspecified atom stereocenters. The molecule has 0 aromatic heterocycles. The van der Waals surface area contributed by atoms with Crippen LogP contribution in [-0.4, -0.2) is 27.1 Å². The van der Waals surface area contributed by atoms with E-state index in [1.807, 2.05) is 37.3 Å². The lowest BCUT2D eigenvalue weighted by atomic mass is 10.0. The monoisotopic (exact) mass is 424 g/mol. The third kappa shape index (κ3) is 5.57. The normalized spacial score (nSPS) is 12.4. The average Bonchev–Trinajstić information content (AvgIpc) is 2.57. The highest BCUT2D eigenvalue weighted by Gasteiger charge is 2.22. The summed E-state index contributed by atoms with van der Waals surface area (Å²) >= 11 is 3.32. The van der Waals surface area contributed by atoms with Crippen molar-refractivity contribution in [2.24, 2.45) is 0 Å². The molecule has 1 amide bonds. The third-order valence-electron chi connectivity index (χ3n) is 3.73. The summed E-state index contributed by atoms with van der Waals surface area (Å²) in [5.41, 5.74) is 1.44. The second-order valence-electron chi connectivity index (χ2n) is 5.69. The van der Waals surface area contributed by atoms with Crippen LogP contribution in [0.15, 0.2) is 59.1 Å². The summed E-state index contributed by atoms with van der Waals surface area (Å²) in [6.45, 7) is 1.71. The predicted molar refractivity (Wildman–Crippen MR) is 104 cm³/mol. The van der Waals surface area contributed by atoms with Gasteiger partial charge in [-0.1, -0.05) is 59.3 Å². The molecule has 1 atom stereocenters. The first-order valence-corrected chi connectivity index (χ1v) is 10.5. The lowest BCUT2D eigenvalue weighted by Gasteiger charge is -2.24. The van der Waals surface area contributed by atoms with E-state index in [2.05, 4.69) is 21.2 Å². The van der Waals surface area contributed by atoms with Gasteiger partial charge in [-0.2, -0.15) is 0 Å². The largest absolute Gasteiger partial charge is 0.348 e. The van der Waals surface area contributed by atoms with E-state index in [9.17, 15) is 13.2 Å². The number of benzene rings is 2. The van der Waals surface area contributed by atoms with Gasteiger partial charge in [0.2, 0.25) is 15.9 Å². The van der Waals surface area contributed by atoms with E-state index in [-0.39, 0.29) is 18.5 Å². The van der Waals surface area contributed by atoms with Gasteiger partial charge in [-0.3, -0.25) is 9.10 Å². The van der Waals surface area contributed by atoms with Gasteiger partial charge in [0.15, 0.2) is 0 Å². The number of amides is 1. The number of carbonyl (C=O) groups is 1. The quantitative estimate of drug-likeness (QED) is 0.739. The van der Waals surface area contributed by atoms with Crippen molar-refractivity contribution in [2.45, 2.75) is 19.4 Å². The molecule has 0 saturated heterocycles. The van der Waals surface area contributed by atoms with Gasteiger partial charge >= 0.3 is 0 Å². The summed E-state index contributed by atoms with van der Waals surface area (Å²) in [6, 6.07) is 16.3. The van der Waals surface area contributed by atoms with Crippen LogP contribution in [0.5, 0.6) is 0 Å². The smallest absolute Gasteiger partial charge is 0.241 e. The second-order valence-corrected chi connectivity index (χ2v) is 8.51. The fraction of sp³-hybridized carbons (Fsp3) is 0.278. The van der Waals surface area contributed by atoms with Crippen LogP contribution in [0.4, 0.5) is 5.69 Å². The van der Waals surface area contributed by atoms with Crippen LogP contribution in [0.3, 0.4) is 0 Å². The molecule has 0 aliphatic carbocycles. The molecule has 0 saturated carbocycles. The Morgan fingerprint density at radius 1 is 1.16 bits per heavy atom. The summed E-state index contributed by atoms with van der Waals surface area (Å²) < 4.78 is 26.1. The van der Waals surface area contributed by atoms with Crippen molar-refractivity contribution >= 4 is 37.5 Å². The number of nitrogens with zero attached hydrogens (tertiary/aromatic N) is 1. The molecule has 0 bridgehead atoms. The maximum Gasteiger partial charge on any atom is 0.241 e. The van der Waals surface area contributed by atoms with E-state index in [0.717, 1.165) is 20.6 Å². The lowest BCUT2D eigenvalue weighted by Crippen LogP contribution is -2.41. The van der Waals surface area contributed by atoms with Gasteiger partial charge in [-0.15, -0.1) is 0 Å². The molecule has 0 spiro atoms. The molecule has 2 aromatic carbocycles. The number of nitrogens with one attached hydrogen (secondary N) is 1. The molecule has 1 N–H and O–H groups in total. The Morgan fingerprint density at radius 3 is 2.40 bits per heavy atom. The average molecular weight is 425 g/mol. The maximum absolute atomic E-state index is 12.5. The van der Waals surface area contributed by atoms with Crippen molar-refractivity contribution in [3.8, 4) is 0 Å². The van der Waals surface area contributed by atoms with Crippen LogP contribution in [0.2, 0.25) is 0 Å². The third-order valence-corrected chi connectivity index (χ3v) is 5.36. The lowest BCUT2D eigenvalue weighted by molar-refractivity contribution is -0.120. The Kier molecular flexibility index (Phi) is 6.61. The molecule has 5 nitrogen and oxygen atoms in total. The molecular formula is C18H21BrN2O3S. The topological polar surface area (TPSA) is 66.5 Å². The van der Waals surface area contributed by atoms with Gasteiger partial charge in [0.1, 0.15) is 6.54 Å². The summed E-state index contributed by atoms with van der Waals surface area (Å²) in [5, 5.41) is 2.91. The molecule has 0 radical (unpaired) electrons. The summed E-state index contributed by atoms with van der Waals surface area (Å²) in [7, 11) is -3.59. The molecule has 7 heteroatoms. The number of anilines is 1. The summed E-state index contributed by atoms with van der Waals surface area (Å²) in [5.74, 6) is -0.346. The zero-order chi connectivity index (χ0) is 18.4. The van der Waals surface area contributed by atoms with Gasteiger partial charge in [0.05, 0.1) is 18.0 Å². The highest BCUT2D eigenvalue weighted by molar-refractivity contribution is 9.10. The molecule has 0 fully saturated rings. The van der Waals surface area contributed by atoms with E-state index in [1.54, 1.807) is 24.3 Å². The van der Waals surface area contributed by atoms with Crippen LogP contribution in [-0.2, 0) is 14.8 Å². The Labute approximate surface area is 157 Å². The highest BCUT2D eigenvalue weighted by atomic mass is 79.9. The van der Waals surface area contributed by atoms with Gasteiger partial charge in [0, 0.05) is 4.47 Å². The van der Waals surface area contributed by atoms with E-state index in [4.69, 9.17) is 0 Å². The second kappa shape index (κ2) is 8.49. The SMILES string of the molecule is CC[C@H](NC(=O)CN(c1cccc(Br)c1)S(C)(=O)=O)c1ccccc1. The van der Waals surface area contributed by atoms with Gasteiger partial charge in [-0.05, 0) is 30.2 Å². The van der Waals surface area contributed by atoms with Crippen LogP contribution >= 0.6 is 15.9 Å². The van der Waals surface area contributed by atoms with E-state index in [1.165, 1.54) is 0 Å². The fourth-order valence-electron chi connectivity index (χ4n) is 2.51. The van der Waals surface area contributed by atoms with E-state index in [0.29, 0.717) is 12.1 Å². The molecule has 0 heterocycles. The number of halogens is 1. The summed E-state index contributed by atoms with van der Waals surface area (Å²) in [4.78, 5) is 12.5. The molecule has 2 rings (SSSR count). The van der Waals surface area contributed by atoms with Crippen LogP contribution in [0.1, 0.15) is 24.9 Å². The molecule has 0 aliphatic heterocycles. The highest BCUT2D eigenvalue weighted by Crippen LogP contribution is 2.22. The predicted octanol–water partition coefficient (Wildman–Crippen LogP) is 3.48. The maximum atomic E-state index is 12.5. The number of hydrogen-bond donors (Lipinski definition) is 1. The van der Waals surface area contributed by atoms with Crippen LogP contribution in [0.25, 0.3) is 0 Å². The Hall–Kier alpha value is -1.86. The Bertz CT molecular complexity index is 825. The van der Waals surface area contributed by atoms with Crippen molar-refractivity contribution in [3.05, 3.63) is 64.6 Å². The van der Waals surface area contributed by atoms with E-state index >= 15 is 0 Å². The number of rotatable bonds is 7. The fourth-order valence-corrected chi connectivity index (χ4v) is 3.74. The first kappa shape index (κ1) is 19.5. The van der Waals surface area contributed by atoms with Gasteiger partial charge in [-0.25, -0.2) is 8.42 Å². The molecular weight excluding hydrogens is 404 g/mol. The van der Waals surface area contributed by atoms with Crippen molar-refractivity contribution in [3.63, 3.8) is 0 Å². The van der Waals surface area contributed by atoms with Crippen molar-refractivity contribution < 1.29 is 13.2 Å². The van der Waals surface area contributed by atoms with Crippen molar-refractivity contribution in [1.29, 1.82) is 0 Å². The molecule has 2 aromatic rings. The molecule has 134 valence electrons. The number of hydrogen-bond acceptors (Lipinski definition) is 3. The minimum Gasteiger partial charge on any atom is -0.348 e. The molecule has 0 aliphatic rings. The minimum atomic E-state index is -3.59. The van der Waals surface area contributed by atoms with Crippen molar-refractivity contribution in [2.75, 3.05) is 17.1 Å². The standard InChI is InChI=1S/C18H21BrN2O3S/c1-3-17(14-8-5-4-6-9-14)20-18(22)13-21(25(2,23)24)16-11-7-10-15(19)12-16/h4-12,17H,3,13H2,1-2H3,(H,20,22)/t17-/m0/s1. The van der Waals surface area contributed by atoms with Gasteiger partial charge in [0.25, 0.3) is 0 Å². The van der Waals surface area contributed by atoms with E-state index < -0.39 is 10.0 Å². The first-order valence-electron chi connectivity index (χ1n) is 7.89. The minimum absolute atomic E-state index is 0.155. The van der Waals surface area contributed by atoms with Crippen LogP contribution in [0, 0.1) is 0 Å². The molecule has 25 heavy (non-hydrogen) atoms. The van der Waals surface area contributed by atoms with Crippen molar-refractivity contribution in [1.82, 2.24) is 5.32 Å². The zero-order valence-electron chi connectivity index (χ0n) is 14.1. The van der Waals surface area contributed by atoms with Gasteiger partial charge < -0.3 is 5.32 Å². The first-order chi connectivity index (χ1) is 11.8. The Balaban J connectivity index is 2.17. The summed E-state index contributed by atoms with van der Waals surface area (Å²) in [6.07, 6.45) is 1.81. The zero-order valence-corrected chi connectivity index (χ0v) is 16.5. The Morgan fingerprint density at radius 2 is 1.84 bits per heavy atom.